The number of aryl methyl sites for hydroxylation is 1. The molecule has 0 saturated heterocycles. The van der Waals surface area contributed by atoms with E-state index in [0.29, 0.717) is 5.88 Å². The van der Waals surface area contributed by atoms with Crippen LogP contribution in [0, 0.1) is 6.92 Å². The molecule has 0 unspecified atom stereocenters. The van der Waals surface area contributed by atoms with E-state index < -0.39 is 0 Å². The molecule has 0 radical (unpaired) electrons. The van der Waals surface area contributed by atoms with Gasteiger partial charge >= 0.3 is 0 Å². The largest absolute Gasteiger partial charge is 0.481 e. The number of rotatable bonds is 1. The molecular weight excluding hydrogens is 224 g/mol. The van der Waals surface area contributed by atoms with Gasteiger partial charge in [-0.25, -0.2) is 4.98 Å². The third kappa shape index (κ3) is 9.33. The van der Waals surface area contributed by atoms with Gasteiger partial charge in [0, 0.05) is 24.2 Å². The number of aromatic nitrogens is 2. The zero-order chi connectivity index (χ0) is 13.6. The van der Waals surface area contributed by atoms with Crippen LogP contribution in [0.15, 0.2) is 48.8 Å². The van der Waals surface area contributed by atoms with Crippen molar-refractivity contribution >= 4 is 0 Å². The highest BCUT2D eigenvalue weighted by molar-refractivity contribution is 5.08. The average molecular weight is 246 g/mol. The normalized spacial score (nSPS) is 8.22. The smallest absolute Gasteiger partial charge is 0.212 e. The maximum Gasteiger partial charge on any atom is 0.212 e. The highest BCUT2D eigenvalue weighted by Gasteiger charge is 1.82. The minimum absolute atomic E-state index is 0.660. The molecule has 0 N–H and O–H groups in total. The molecule has 0 fully saturated rings. The van der Waals surface area contributed by atoms with Crippen LogP contribution in [0.3, 0.4) is 0 Å². The Labute approximate surface area is 110 Å². The standard InChI is InChI=1S/C6H7NO.C6H7N.C3H8/c1-8-6-4-2-3-5-7-6;1-6-4-2-3-5-7-6;1-3-2/h2-5H,1H3;2-5H,1H3;3H2,1-2H3. The summed E-state index contributed by atoms with van der Waals surface area (Å²) < 4.78 is 4.80. The van der Waals surface area contributed by atoms with Crippen molar-refractivity contribution in [1.82, 2.24) is 9.97 Å². The van der Waals surface area contributed by atoms with E-state index in [1.807, 2.05) is 37.3 Å². The topological polar surface area (TPSA) is 35.0 Å². The number of pyridine rings is 2. The second-order valence-corrected chi connectivity index (χ2v) is 3.55. The van der Waals surface area contributed by atoms with Crippen LogP contribution in [0.25, 0.3) is 0 Å². The Morgan fingerprint density at radius 1 is 0.944 bits per heavy atom. The van der Waals surface area contributed by atoms with Crippen molar-refractivity contribution in [3.63, 3.8) is 0 Å². The Bertz CT molecular complexity index is 376. The number of hydrogen-bond acceptors (Lipinski definition) is 3. The molecule has 2 aromatic rings. The predicted octanol–water partition coefficient (Wildman–Crippen LogP) is 3.90. The lowest BCUT2D eigenvalue weighted by Crippen LogP contribution is -1.83. The quantitative estimate of drug-likeness (QED) is 0.765. The Balaban J connectivity index is 0.000000267. The second kappa shape index (κ2) is 11.6. The summed E-state index contributed by atoms with van der Waals surface area (Å²) in [6.45, 7) is 6.22. The van der Waals surface area contributed by atoms with E-state index in [0.717, 1.165) is 5.69 Å². The minimum atomic E-state index is 0.660. The highest BCUT2D eigenvalue weighted by Crippen LogP contribution is 1.99. The van der Waals surface area contributed by atoms with Crippen LogP contribution in [-0.4, -0.2) is 17.1 Å². The van der Waals surface area contributed by atoms with Crippen molar-refractivity contribution < 1.29 is 4.74 Å². The molecule has 0 amide bonds. The molecule has 98 valence electrons. The number of methoxy groups -OCH3 is 1. The first-order chi connectivity index (χ1) is 8.74. The van der Waals surface area contributed by atoms with Crippen LogP contribution >= 0.6 is 0 Å². The molecule has 0 spiro atoms. The van der Waals surface area contributed by atoms with Crippen LogP contribution in [0.4, 0.5) is 0 Å². The zero-order valence-corrected chi connectivity index (χ0v) is 11.6. The first-order valence-electron chi connectivity index (χ1n) is 6.07. The lowest BCUT2D eigenvalue weighted by molar-refractivity contribution is 0.398. The lowest BCUT2D eigenvalue weighted by atomic mass is 10.4. The van der Waals surface area contributed by atoms with Crippen LogP contribution in [-0.2, 0) is 0 Å². The summed E-state index contributed by atoms with van der Waals surface area (Å²) in [5.74, 6) is 0.660. The molecule has 2 aromatic heterocycles. The van der Waals surface area contributed by atoms with Gasteiger partial charge in [-0.1, -0.05) is 32.4 Å². The maximum atomic E-state index is 4.80. The van der Waals surface area contributed by atoms with Gasteiger partial charge in [-0.15, -0.1) is 0 Å². The number of ether oxygens (including phenoxy) is 1. The first-order valence-corrected chi connectivity index (χ1v) is 6.07. The predicted molar refractivity (Wildman–Crippen MR) is 75.7 cm³/mol. The molecule has 0 saturated carbocycles. The Morgan fingerprint density at radius 2 is 1.50 bits per heavy atom. The average Bonchev–Trinajstić information content (AvgIpc) is 2.42. The highest BCUT2D eigenvalue weighted by atomic mass is 16.5. The van der Waals surface area contributed by atoms with E-state index in [-0.39, 0.29) is 0 Å². The monoisotopic (exact) mass is 246 g/mol. The summed E-state index contributed by atoms with van der Waals surface area (Å²) in [6.07, 6.45) is 4.73. The molecule has 18 heavy (non-hydrogen) atoms. The van der Waals surface area contributed by atoms with Crippen molar-refractivity contribution in [3.05, 3.63) is 54.5 Å². The van der Waals surface area contributed by atoms with E-state index in [1.54, 1.807) is 25.6 Å². The van der Waals surface area contributed by atoms with Gasteiger partial charge in [0.15, 0.2) is 0 Å². The number of hydrogen-bond donors (Lipinski definition) is 0. The molecule has 3 nitrogen and oxygen atoms in total. The van der Waals surface area contributed by atoms with Gasteiger partial charge in [-0.2, -0.15) is 0 Å². The Hall–Kier alpha value is -1.90. The van der Waals surface area contributed by atoms with Gasteiger partial charge in [-0.3, -0.25) is 4.98 Å². The molecule has 0 aliphatic heterocycles. The van der Waals surface area contributed by atoms with Crippen LogP contribution in [0.2, 0.25) is 0 Å². The van der Waals surface area contributed by atoms with E-state index in [4.69, 9.17) is 4.74 Å². The summed E-state index contributed by atoms with van der Waals surface area (Å²) in [4.78, 5) is 7.85. The van der Waals surface area contributed by atoms with Gasteiger partial charge in [-0.05, 0) is 25.1 Å². The number of nitrogens with zero attached hydrogens (tertiary/aromatic N) is 2. The molecule has 0 bridgehead atoms. The minimum Gasteiger partial charge on any atom is -0.481 e. The SMILES string of the molecule is CCC.COc1ccccn1.Cc1ccccn1. The molecule has 2 rings (SSSR count). The summed E-state index contributed by atoms with van der Waals surface area (Å²) in [7, 11) is 1.60. The van der Waals surface area contributed by atoms with E-state index in [1.165, 1.54) is 6.42 Å². The Morgan fingerprint density at radius 3 is 1.72 bits per heavy atom. The van der Waals surface area contributed by atoms with Crippen LogP contribution in [0.1, 0.15) is 26.0 Å². The lowest BCUT2D eigenvalue weighted by Gasteiger charge is -1.92. The Kier molecular flexibility index (Phi) is 10.4. The fourth-order valence-electron chi connectivity index (χ4n) is 0.916. The van der Waals surface area contributed by atoms with Crippen molar-refractivity contribution in [2.24, 2.45) is 0 Å². The van der Waals surface area contributed by atoms with Crippen LogP contribution < -0.4 is 4.74 Å². The summed E-state index contributed by atoms with van der Waals surface area (Å²) in [6, 6.07) is 11.4. The van der Waals surface area contributed by atoms with Crippen molar-refractivity contribution in [3.8, 4) is 5.88 Å². The van der Waals surface area contributed by atoms with Crippen molar-refractivity contribution in [2.45, 2.75) is 27.2 Å². The van der Waals surface area contributed by atoms with Gasteiger partial charge in [0.25, 0.3) is 0 Å². The fraction of sp³-hybridized carbons (Fsp3) is 0.333. The molecule has 0 aliphatic rings. The third-order valence-electron chi connectivity index (χ3n) is 1.66. The fourth-order valence-corrected chi connectivity index (χ4v) is 0.916. The van der Waals surface area contributed by atoms with Gasteiger partial charge in [0.05, 0.1) is 7.11 Å². The van der Waals surface area contributed by atoms with E-state index in [2.05, 4.69) is 23.8 Å². The second-order valence-electron chi connectivity index (χ2n) is 3.55. The van der Waals surface area contributed by atoms with Crippen molar-refractivity contribution in [1.29, 1.82) is 0 Å². The molecule has 3 heteroatoms. The molecule has 0 aliphatic carbocycles. The summed E-state index contributed by atoms with van der Waals surface area (Å²) in [5.41, 5.74) is 1.07. The van der Waals surface area contributed by atoms with Crippen LogP contribution in [0.5, 0.6) is 5.88 Å². The van der Waals surface area contributed by atoms with Gasteiger partial charge in [0.2, 0.25) is 5.88 Å². The molecule has 0 atom stereocenters. The van der Waals surface area contributed by atoms with Gasteiger partial charge in [0.1, 0.15) is 0 Å². The molecule has 2 heterocycles. The summed E-state index contributed by atoms with van der Waals surface area (Å²) >= 11 is 0. The molecule has 0 aromatic carbocycles. The first kappa shape index (κ1) is 16.1. The van der Waals surface area contributed by atoms with Crippen molar-refractivity contribution in [2.75, 3.05) is 7.11 Å². The maximum absolute atomic E-state index is 4.80. The van der Waals surface area contributed by atoms with E-state index in [9.17, 15) is 0 Å². The third-order valence-corrected chi connectivity index (χ3v) is 1.66. The molecular formula is C15H22N2O. The zero-order valence-electron chi connectivity index (χ0n) is 11.6. The summed E-state index contributed by atoms with van der Waals surface area (Å²) in [5, 5.41) is 0. The van der Waals surface area contributed by atoms with E-state index >= 15 is 0 Å². The van der Waals surface area contributed by atoms with Gasteiger partial charge < -0.3 is 4.74 Å².